The molecule has 0 radical (unpaired) electrons. The van der Waals surface area contributed by atoms with E-state index in [1.165, 1.54) is 12.0 Å². The van der Waals surface area contributed by atoms with Crippen molar-refractivity contribution in [2.75, 3.05) is 6.54 Å². The molecule has 1 aromatic carbocycles. The van der Waals surface area contributed by atoms with Crippen molar-refractivity contribution in [2.24, 2.45) is 5.73 Å². The molecule has 0 saturated carbocycles. The van der Waals surface area contributed by atoms with Crippen LogP contribution in [0.1, 0.15) is 37.5 Å². The average Bonchev–Trinajstić information content (AvgIpc) is 2.87. The van der Waals surface area contributed by atoms with E-state index in [2.05, 4.69) is 43.1 Å². The summed E-state index contributed by atoms with van der Waals surface area (Å²) in [5.41, 5.74) is 8.94. The van der Waals surface area contributed by atoms with Crippen LogP contribution >= 0.6 is 0 Å². The van der Waals surface area contributed by atoms with Gasteiger partial charge in [-0.1, -0.05) is 38.1 Å². The van der Waals surface area contributed by atoms with Crippen molar-refractivity contribution in [3.63, 3.8) is 0 Å². The van der Waals surface area contributed by atoms with Gasteiger partial charge in [0.25, 0.3) is 0 Å². The monoisotopic (exact) mass is 244 g/mol. The quantitative estimate of drug-likeness (QED) is 0.877. The Bertz CT molecular complexity index is 487. The largest absolute Gasteiger partial charge is 0.448 e. The summed E-state index contributed by atoms with van der Waals surface area (Å²) in [5.74, 6) is 1.47. The molecule has 1 unspecified atom stereocenters. The summed E-state index contributed by atoms with van der Waals surface area (Å²) < 4.78 is 5.37. The molecule has 0 amide bonds. The molecule has 0 bridgehead atoms. The number of hydrogen-bond donors (Lipinski definition) is 1. The number of nitrogens with two attached hydrogens (primary N) is 1. The van der Waals surface area contributed by atoms with Gasteiger partial charge in [0.2, 0.25) is 0 Å². The fourth-order valence-corrected chi connectivity index (χ4v) is 2.02. The van der Waals surface area contributed by atoms with Crippen molar-refractivity contribution >= 4 is 0 Å². The maximum atomic E-state index is 5.56. The minimum absolute atomic E-state index is 0.577. The SMILES string of the molecule is CCC(C)c1ccc(-c2ncoc2CCN)cc1. The molecule has 0 saturated heterocycles. The number of benzene rings is 1. The Balaban J connectivity index is 2.26. The predicted molar refractivity (Wildman–Crippen MR) is 73.4 cm³/mol. The summed E-state index contributed by atoms with van der Waals surface area (Å²) in [6.07, 6.45) is 3.37. The van der Waals surface area contributed by atoms with Crippen molar-refractivity contribution < 1.29 is 4.42 Å². The highest BCUT2D eigenvalue weighted by Gasteiger charge is 2.10. The van der Waals surface area contributed by atoms with E-state index in [4.69, 9.17) is 10.2 Å². The van der Waals surface area contributed by atoms with E-state index in [0.29, 0.717) is 12.5 Å². The van der Waals surface area contributed by atoms with Crippen molar-refractivity contribution in [3.05, 3.63) is 42.0 Å². The van der Waals surface area contributed by atoms with Gasteiger partial charge in [-0.05, 0) is 24.4 Å². The first-order chi connectivity index (χ1) is 8.76. The highest BCUT2D eigenvalue weighted by atomic mass is 16.3. The van der Waals surface area contributed by atoms with E-state index >= 15 is 0 Å². The maximum absolute atomic E-state index is 5.56. The van der Waals surface area contributed by atoms with Crippen molar-refractivity contribution in [1.82, 2.24) is 4.98 Å². The normalized spacial score (nSPS) is 12.6. The van der Waals surface area contributed by atoms with E-state index in [1.807, 2.05) is 0 Å². The molecule has 0 aliphatic carbocycles. The highest BCUT2D eigenvalue weighted by Crippen LogP contribution is 2.25. The third-order valence-corrected chi connectivity index (χ3v) is 3.38. The Morgan fingerprint density at radius 2 is 2.00 bits per heavy atom. The smallest absolute Gasteiger partial charge is 0.181 e. The second-order valence-corrected chi connectivity index (χ2v) is 4.59. The molecule has 3 heteroatoms. The Kier molecular flexibility index (Phi) is 4.15. The molecule has 0 spiro atoms. The van der Waals surface area contributed by atoms with Crippen LogP contribution in [0.15, 0.2) is 35.1 Å². The zero-order valence-electron chi connectivity index (χ0n) is 11.0. The summed E-state index contributed by atoms with van der Waals surface area (Å²) in [6, 6.07) is 8.56. The van der Waals surface area contributed by atoms with Crippen LogP contribution in [0.4, 0.5) is 0 Å². The lowest BCUT2D eigenvalue weighted by molar-refractivity contribution is 0.506. The first kappa shape index (κ1) is 12.8. The molecule has 1 atom stereocenters. The number of nitrogens with zero attached hydrogens (tertiary/aromatic N) is 1. The second kappa shape index (κ2) is 5.83. The Morgan fingerprint density at radius 3 is 2.61 bits per heavy atom. The van der Waals surface area contributed by atoms with Gasteiger partial charge in [-0.3, -0.25) is 0 Å². The van der Waals surface area contributed by atoms with Crippen LogP contribution in [0.5, 0.6) is 0 Å². The molecule has 2 rings (SSSR count). The van der Waals surface area contributed by atoms with Crippen LogP contribution in [0.25, 0.3) is 11.3 Å². The van der Waals surface area contributed by atoms with Gasteiger partial charge >= 0.3 is 0 Å². The summed E-state index contributed by atoms with van der Waals surface area (Å²) in [6.45, 7) is 5.02. The van der Waals surface area contributed by atoms with Gasteiger partial charge in [0.05, 0.1) is 0 Å². The lowest BCUT2D eigenvalue weighted by Gasteiger charge is -2.09. The zero-order valence-corrected chi connectivity index (χ0v) is 11.0. The summed E-state index contributed by atoms with van der Waals surface area (Å²) in [7, 11) is 0. The fraction of sp³-hybridized carbons (Fsp3) is 0.400. The zero-order chi connectivity index (χ0) is 13.0. The number of oxazole rings is 1. The van der Waals surface area contributed by atoms with Crippen molar-refractivity contribution in [1.29, 1.82) is 0 Å². The summed E-state index contributed by atoms with van der Waals surface area (Å²) in [4.78, 5) is 4.28. The molecule has 96 valence electrons. The summed E-state index contributed by atoms with van der Waals surface area (Å²) in [5, 5.41) is 0. The van der Waals surface area contributed by atoms with Gasteiger partial charge in [-0.2, -0.15) is 0 Å². The number of hydrogen-bond acceptors (Lipinski definition) is 3. The molecular weight excluding hydrogens is 224 g/mol. The topological polar surface area (TPSA) is 52.0 Å². The van der Waals surface area contributed by atoms with Crippen LogP contribution < -0.4 is 5.73 Å². The molecule has 1 aromatic heterocycles. The molecular formula is C15H20N2O. The fourth-order valence-electron chi connectivity index (χ4n) is 2.02. The molecule has 0 aliphatic heterocycles. The Labute approximate surface area is 108 Å². The molecule has 3 nitrogen and oxygen atoms in total. The molecule has 1 heterocycles. The van der Waals surface area contributed by atoms with E-state index in [-0.39, 0.29) is 0 Å². The standard InChI is InChI=1S/C15H20N2O/c1-3-11(2)12-4-6-13(7-5-12)15-14(8-9-16)18-10-17-15/h4-7,10-11H,3,8-9,16H2,1-2H3. The Morgan fingerprint density at radius 1 is 1.28 bits per heavy atom. The van der Waals surface area contributed by atoms with E-state index in [1.54, 1.807) is 0 Å². The van der Waals surface area contributed by atoms with Gasteiger partial charge in [0.1, 0.15) is 11.5 Å². The van der Waals surface area contributed by atoms with Crippen LogP contribution in [0.3, 0.4) is 0 Å². The first-order valence-corrected chi connectivity index (χ1v) is 6.49. The lowest BCUT2D eigenvalue weighted by atomic mass is 9.97. The molecule has 0 aliphatic rings. The molecule has 2 N–H and O–H groups in total. The first-order valence-electron chi connectivity index (χ1n) is 6.49. The van der Waals surface area contributed by atoms with Gasteiger partial charge in [0.15, 0.2) is 6.39 Å². The maximum Gasteiger partial charge on any atom is 0.181 e. The van der Waals surface area contributed by atoms with Crippen molar-refractivity contribution in [3.8, 4) is 11.3 Å². The van der Waals surface area contributed by atoms with Gasteiger partial charge in [-0.25, -0.2) is 4.98 Å². The molecule has 2 aromatic rings. The number of aromatic nitrogens is 1. The molecule has 0 fully saturated rings. The van der Waals surface area contributed by atoms with Gasteiger partial charge in [-0.15, -0.1) is 0 Å². The predicted octanol–water partition coefficient (Wildman–Crippen LogP) is 3.36. The van der Waals surface area contributed by atoms with Crippen LogP contribution in [0.2, 0.25) is 0 Å². The third kappa shape index (κ3) is 2.62. The van der Waals surface area contributed by atoms with Crippen LogP contribution in [0, 0.1) is 0 Å². The minimum Gasteiger partial charge on any atom is -0.448 e. The summed E-state index contributed by atoms with van der Waals surface area (Å²) >= 11 is 0. The van der Waals surface area contributed by atoms with Crippen LogP contribution in [-0.4, -0.2) is 11.5 Å². The second-order valence-electron chi connectivity index (χ2n) is 4.59. The molecule has 18 heavy (non-hydrogen) atoms. The highest BCUT2D eigenvalue weighted by molar-refractivity contribution is 5.61. The van der Waals surface area contributed by atoms with E-state index in [9.17, 15) is 0 Å². The Hall–Kier alpha value is -1.61. The van der Waals surface area contributed by atoms with Gasteiger partial charge in [0, 0.05) is 12.0 Å². The van der Waals surface area contributed by atoms with E-state index in [0.717, 1.165) is 29.9 Å². The van der Waals surface area contributed by atoms with E-state index < -0.39 is 0 Å². The average molecular weight is 244 g/mol. The third-order valence-electron chi connectivity index (χ3n) is 3.38. The number of rotatable bonds is 5. The lowest BCUT2D eigenvalue weighted by Crippen LogP contribution is -2.02. The minimum atomic E-state index is 0.577. The van der Waals surface area contributed by atoms with Gasteiger partial charge < -0.3 is 10.2 Å². The van der Waals surface area contributed by atoms with Crippen LogP contribution in [-0.2, 0) is 6.42 Å². The van der Waals surface area contributed by atoms with Crippen molar-refractivity contribution in [2.45, 2.75) is 32.6 Å².